The van der Waals surface area contributed by atoms with E-state index >= 15 is 0 Å². The lowest BCUT2D eigenvalue weighted by Crippen LogP contribution is -1.91. The molecule has 6 heteroatoms. The van der Waals surface area contributed by atoms with Crippen molar-refractivity contribution in [2.24, 2.45) is 0 Å². The quantitative estimate of drug-likeness (QED) is 0.862. The number of phenols is 1. The molecular formula is C12H8Cl2O3S. The molecule has 3 nitrogen and oxygen atoms in total. The van der Waals surface area contributed by atoms with Crippen molar-refractivity contribution in [1.82, 2.24) is 0 Å². The fourth-order valence-corrected chi connectivity index (χ4v) is 2.65. The summed E-state index contributed by atoms with van der Waals surface area (Å²) in [6.07, 6.45) is 0. The van der Waals surface area contributed by atoms with Gasteiger partial charge >= 0.3 is 0 Å². The molecule has 0 atom stereocenters. The van der Waals surface area contributed by atoms with Gasteiger partial charge in [0.05, 0.1) is 4.90 Å². The van der Waals surface area contributed by atoms with Gasteiger partial charge in [0.15, 0.2) is 0 Å². The maximum atomic E-state index is 11.2. The van der Waals surface area contributed by atoms with Crippen LogP contribution in [0, 0.1) is 0 Å². The van der Waals surface area contributed by atoms with Crippen LogP contribution in [-0.2, 0) is 9.05 Å². The maximum Gasteiger partial charge on any atom is 0.261 e. The minimum Gasteiger partial charge on any atom is -0.508 e. The molecule has 94 valence electrons. The van der Waals surface area contributed by atoms with Crippen LogP contribution in [0.5, 0.6) is 5.75 Å². The Morgan fingerprint density at radius 1 is 1.00 bits per heavy atom. The summed E-state index contributed by atoms with van der Waals surface area (Å²) in [4.78, 5) is -0.0447. The number of rotatable bonds is 2. The fourth-order valence-electron chi connectivity index (χ4n) is 1.52. The number of halogens is 2. The van der Waals surface area contributed by atoms with E-state index < -0.39 is 9.05 Å². The van der Waals surface area contributed by atoms with E-state index in [-0.39, 0.29) is 15.7 Å². The van der Waals surface area contributed by atoms with Gasteiger partial charge in [-0.3, -0.25) is 0 Å². The summed E-state index contributed by atoms with van der Waals surface area (Å²) >= 11 is 6.02. The molecule has 0 amide bonds. The number of phenolic OH excluding ortho intramolecular Hbond substituents is 1. The topological polar surface area (TPSA) is 54.4 Å². The van der Waals surface area contributed by atoms with Crippen molar-refractivity contribution in [3.63, 3.8) is 0 Å². The predicted octanol–water partition coefficient (Wildman–Crippen LogP) is 3.64. The van der Waals surface area contributed by atoms with E-state index in [4.69, 9.17) is 22.3 Å². The second kappa shape index (κ2) is 4.80. The molecule has 0 aliphatic heterocycles. The smallest absolute Gasteiger partial charge is 0.261 e. The molecule has 0 bridgehead atoms. The lowest BCUT2D eigenvalue weighted by Gasteiger charge is -2.06. The van der Waals surface area contributed by atoms with Crippen LogP contribution in [0.1, 0.15) is 0 Å². The first kappa shape index (κ1) is 13.2. The third kappa shape index (κ3) is 2.77. The van der Waals surface area contributed by atoms with Crippen molar-refractivity contribution in [2.75, 3.05) is 0 Å². The molecule has 0 aromatic heterocycles. The molecule has 2 aromatic rings. The van der Waals surface area contributed by atoms with E-state index in [9.17, 15) is 13.5 Å². The van der Waals surface area contributed by atoms with Gasteiger partial charge in [-0.2, -0.15) is 0 Å². The summed E-state index contributed by atoms with van der Waals surface area (Å²) in [5, 5.41) is 9.47. The van der Waals surface area contributed by atoms with Crippen LogP contribution in [0.2, 0.25) is 5.02 Å². The zero-order chi connectivity index (χ0) is 13.3. The van der Waals surface area contributed by atoms with Crippen molar-refractivity contribution in [3.05, 3.63) is 47.5 Å². The molecule has 0 aliphatic carbocycles. The van der Waals surface area contributed by atoms with Crippen LogP contribution in [0.15, 0.2) is 47.4 Å². The largest absolute Gasteiger partial charge is 0.508 e. The molecule has 2 aromatic carbocycles. The number of hydrogen-bond donors (Lipinski definition) is 1. The van der Waals surface area contributed by atoms with Gasteiger partial charge in [0.25, 0.3) is 9.05 Å². The van der Waals surface area contributed by atoms with E-state index in [1.165, 1.54) is 24.3 Å². The fraction of sp³-hybridized carbons (Fsp3) is 0. The van der Waals surface area contributed by atoms with Gasteiger partial charge in [-0.05, 0) is 29.8 Å². The molecule has 0 saturated heterocycles. The van der Waals surface area contributed by atoms with Gasteiger partial charge in [0.2, 0.25) is 0 Å². The summed E-state index contributed by atoms with van der Waals surface area (Å²) in [7, 11) is 1.45. The Morgan fingerprint density at radius 2 is 1.61 bits per heavy atom. The zero-order valence-corrected chi connectivity index (χ0v) is 11.3. The van der Waals surface area contributed by atoms with Crippen LogP contribution >= 0.6 is 22.3 Å². The monoisotopic (exact) mass is 302 g/mol. The molecule has 1 N–H and O–H groups in total. The Hall–Kier alpha value is -1.23. The first-order chi connectivity index (χ1) is 8.38. The van der Waals surface area contributed by atoms with E-state index in [1.54, 1.807) is 18.2 Å². The molecular weight excluding hydrogens is 295 g/mol. The van der Waals surface area contributed by atoms with Crippen molar-refractivity contribution in [2.45, 2.75) is 4.90 Å². The zero-order valence-electron chi connectivity index (χ0n) is 8.97. The minimum atomic E-state index is -3.78. The van der Waals surface area contributed by atoms with Crippen LogP contribution in [0.4, 0.5) is 0 Å². The number of benzene rings is 2. The molecule has 0 fully saturated rings. The van der Waals surface area contributed by atoms with Crippen molar-refractivity contribution >= 4 is 31.3 Å². The lowest BCUT2D eigenvalue weighted by atomic mass is 10.1. The van der Waals surface area contributed by atoms with Gasteiger partial charge in [-0.15, -0.1) is 0 Å². The Morgan fingerprint density at radius 3 is 2.11 bits per heavy atom. The van der Waals surface area contributed by atoms with Crippen molar-refractivity contribution in [3.8, 4) is 16.9 Å². The van der Waals surface area contributed by atoms with E-state index in [2.05, 4.69) is 0 Å². The predicted molar refractivity (Wildman–Crippen MR) is 71.6 cm³/mol. The third-order valence-electron chi connectivity index (χ3n) is 2.40. The van der Waals surface area contributed by atoms with E-state index in [0.717, 1.165) is 5.56 Å². The number of aromatic hydroxyl groups is 1. The summed E-state index contributed by atoms with van der Waals surface area (Å²) in [5.74, 6) is 0.148. The van der Waals surface area contributed by atoms with Gasteiger partial charge < -0.3 is 5.11 Å². The molecule has 0 spiro atoms. The molecule has 2 rings (SSSR count). The highest BCUT2D eigenvalue weighted by Crippen LogP contribution is 2.31. The second-order valence-corrected chi connectivity index (χ2v) is 6.60. The molecule has 18 heavy (non-hydrogen) atoms. The van der Waals surface area contributed by atoms with Crippen LogP contribution in [0.25, 0.3) is 11.1 Å². The van der Waals surface area contributed by atoms with Gasteiger partial charge in [0.1, 0.15) is 5.75 Å². The molecule has 0 saturated carbocycles. The van der Waals surface area contributed by atoms with Crippen LogP contribution in [-0.4, -0.2) is 13.5 Å². The van der Waals surface area contributed by atoms with E-state index in [0.29, 0.717) is 5.56 Å². The molecule has 0 heterocycles. The minimum absolute atomic E-state index is 0.0447. The number of hydrogen-bond acceptors (Lipinski definition) is 3. The Bertz CT molecular complexity index is 679. The lowest BCUT2D eigenvalue weighted by molar-refractivity contribution is 0.475. The molecule has 0 radical (unpaired) electrons. The third-order valence-corrected chi connectivity index (χ3v) is 4.06. The van der Waals surface area contributed by atoms with Crippen molar-refractivity contribution < 1.29 is 13.5 Å². The standard InChI is InChI=1S/C12H8Cl2O3S/c13-12-7-10(18(14,16)17)5-6-11(12)8-1-3-9(15)4-2-8/h1-7,15H. The highest BCUT2D eigenvalue weighted by molar-refractivity contribution is 8.13. The molecule has 0 unspecified atom stereocenters. The summed E-state index contributed by atoms with van der Waals surface area (Å²) < 4.78 is 22.3. The molecule has 0 aliphatic rings. The SMILES string of the molecule is O=S(=O)(Cl)c1ccc(-c2ccc(O)cc2)c(Cl)c1. The van der Waals surface area contributed by atoms with E-state index in [1.807, 2.05) is 0 Å². The summed E-state index contributed by atoms with van der Waals surface area (Å²) in [5.41, 5.74) is 1.44. The maximum absolute atomic E-state index is 11.2. The summed E-state index contributed by atoms with van der Waals surface area (Å²) in [6.45, 7) is 0. The van der Waals surface area contributed by atoms with Gasteiger partial charge in [-0.25, -0.2) is 8.42 Å². The Balaban J connectivity index is 2.51. The Labute approximate surface area is 114 Å². The Kier molecular flexibility index (Phi) is 3.52. The van der Waals surface area contributed by atoms with Crippen LogP contribution < -0.4 is 0 Å². The summed E-state index contributed by atoms with van der Waals surface area (Å²) in [6, 6.07) is 10.7. The van der Waals surface area contributed by atoms with Gasteiger partial charge in [0, 0.05) is 21.3 Å². The average molecular weight is 303 g/mol. The highest BCUT2D eigenvalue weighted by atomic mass is 35.7. The first-order valence-electron chi connectivity index (χ1n) is 4.91. The van der Waals surface area contributed by atoms with Crippen LogP contribution in [0.3, 0.4) is 0 Å². The second-order valence-electron chi connectivity index (χ2n) is 3.63. The van der Waals surface area contributed by atoms with Gasteiger partial charge in [-0.1, -0.05) is 29.8 Å². The first-order valence-corrected chi connectivity index (χ1v) is 7.60. The average Bonchev–Trinajstić information content (AvgIpc) is 2.29. The van der Waals surface area contributed by atoms with Crippen molar-refractivity contribution in [1.29, 1.82) is 0 Å². The normalized spacial score (nSPS) is 11.4. The highest BCUT2D eigenvalue weighted by Gasteiger charge is 2.12.